The number of carbonyl (C=O) groups excluding carboxylic acids is 1. The predicted octanol–water partition coefficient (Wildman–Crippen LogP) is 3.05. The summed E-state index contributed by atoms with van der Waals surface area (Å²) in [5, 5.41) is 0. The fourth-order valence-electron chi connectivity index (χ4n) is 3.21. The van der Waals surface area contributed by atoms with Gasteiger partial charge in [0.15, 0.2) is 6.29 Å². The lowest BCUT2D eigenvalue weighted by Gasteiger charge is -2.40. The van der Waals surface area contributed by atoms with Crippen molar-refractivity contribution in [2.45, 2.75) is 44.9 Å². The van der Waals surface area contributed by atoms with Gasteiger partial charge in [-0.1, -0.05) is 31.2 Å². The van der Waals surface area contributed by atoms with Gasteiger partial charge in [0.25, 0.3) is 0 Å². The summed E-state index contributed by atoms with van der Waals surface area (Å²) in [6.45, 7) is 4.06. The number of hydrogen-bond donors (Lipinski definition) is 0. The summed E-state index contributed by atoms with van der Waals surface area (Å²) in [6, 6.07) is 7.64. The Morgan fingerprint density at radius 3 is 2.62 bits per heavy atom. The molecule has 5 nitrogen and oxygen atoms in total. The topological polar surface area (TPSA) is 54.0 Å². The smallest absolute Gasteiger partial charge is 0.184 e. The second-order valence-electron chi connectivity index (χ2n) is 6.19. The minimum Gasteiger partial charge on any atom is -0.497 e. The van der Waals surface area contributed by atoms with Crippen LogP contribution in [0.5, 0.6) is 5.75 Å². The van der Waals surface area contributed by atoms with Gasteiger partial charge in [-0.3, -0.25) is 4.79 Å². The number of fused-ring (bicyclic) bond motifs is 1. The summed E-state index contributed by atoms with van der Waals surface area (Å²) in [5.41, 5.74) is 0.944. The largest absolute Gasteiger partial charge is 0.497 e. The molecule has 2 aliphatic heterocycles. The molecular weight excluding hydrogens is 308 g/mol. The van der Waals surface area contributed by atoms with Gasteiger partial charge < -0.3 is 18.9 Å². The number of Topliss-reactive ketones (excluding diaryl/α,β-unsaturated/α-hetero) is 1. The zero-order valence-corrected chi connectivity index (χ0v) is 14.3. The minimum absolute atomic E-state index is 0.110. The van der Waals surface area contributed by atoms with E-state index in [-0.39, 0.29) is 30.0 Å². The second kappa shape index (κ2) is 7.47. The molecule has 3 rings (SSSR count). The van der Waals surface area contributed by atoms with Crippen molar-refractivity contribution >= 4 is 5.78 Å². The SMILES string of the molecule is CCC(C(C)=O)[C@H]1C=C[C@@H]2OC(c3ccc(OC)cc3)OC[C@H]2O1. The lowest BCUT2D eigenvalue weighted by molar-refractivity contribution is -0.264. The van der Waals surface area contributed by atoms with E-state index in [1.165, 1.54) is 0 Å². The van der Waals surface area contributed by atoms with E-state index < -0.39 is 6.29 Å². The molecule has 2 aliphatic rings. The first kappa shape index (κ1) is 17.1. The fraction of sp³-hybridized carbons (Fsp3) is 0.526. The summed E-state index contributed by atoms with van der Waals surface area (Å²) >= 11 is 0. The summed E-state index contributed by atoms with van der Waals surface area (Å²) in [5.74, 6) is 0.840. The van der Waals surface area contributed by atoms with Crippen LogP contribution in [0.25, 0.3) is 0 Å². The lowest BCUT2D eigenvalue weighted by atomic mass is 9.92. The Balaban J connectivity index is 1.67. The van der Waals surface area contributed by atoms with E-state index in [1.54, 1.807) is 14.0 Å². The van der Waals surface area contributed by atoms with Gasteiger partial charge in [0.05, 0.1) is 19.8 Å². The molecule has 0 amide bonds. The van der Waals surface area contributed by atoms with Crippen LogP contribution in [0.15, 0.2) is 36.4 Å². The van der Waals surface area contributed by atoms with Crippen LogP contribution in [-0.4, -0.2) is 37.8 Å². The van der Waals surface area contributed by atoms with E-state index in [2.05, 4.69) is 0 Å². The van der Waals surface area contributed by atoms with E-state index in [0.29, 0.717) is 6.61 Å². The van der Waals surface area contributed by atoms with Gasteiger partial charge in [0, 0.05) is 11.5 Å². The van der Waals surface area contributed by atoms with Gasteiger partial charge in [0.1, 0.15) is 23.7 Å². The average Bonchev–Trinajstić information content (AvgIpc) is 2.61. The van der Waals surface area contributed by atoms with Crippen LogP contribution in [0.1, 0.15) is 32.1 Å². The number of rotatable bonds is 5. The van der Waals surface area contributed by atoms with E-state index >= 15 is 0 Å². The van der Waals surface area contributed by atoms with Crippen molar-refractivity contribution in [3.8, 4) is 5.75 Å². The molecule has 24 heavy (non-hydrogen) atoms. The van der Waals surface area contributed by atoms with Crippen molar-refractivity contribution in [3.63, 3.8) is 0 Å². The third kappa shape index (κ3) is 3.53. The molecule has 0 N–H and O–H groups in total. The molecule has 130 valence electrons. The maximum absolute atomic E-state index is 11.7. The molecular formula is C19H24O5. The molecule has 5 heteroatoms. The van der Waals surface area contributed by atoms with Crippen molar-refractivity contribution in [1.29, 1.82) is 0 Å². The van der Waals surface area contributed by atoms with Crippen LogP contribution in [0.2, 0.25) is 0 Å². The highest BCUT2D eigenvalue weighted by atomic mass is 16.7. The standard InChI is InChI=1S/C19H24O5/c1-4-15(12(2)20)16-9-10-17-18(23-16)11-22-19(24-17)13-5-7-14(21-3)8-6-13/h5-10,15-19H,4,11H2,1-3H3/t15?,16-,17+,18-,19?/m1/s1. The van der Waals surface area contributed by atoms with E-state index in [4.69, 9.17) is 18.9 Å². The highest BCUT2D eigenvalue weighted by molar-refractivity contribution is 5.79. The molecule has 0 aromatic heterocycles. The fourth-order valence-corrected chi connectivity index (χ4v) is 3.21. The first-order valence-electron chi connectivity index (χ1n) is 8.37. The van der Waals surface area contributed by atoms with Crippen molar-refractivity contribution < 1.29 is 23.7 Å². The minimum atomic E-state index is -0.420. The average molecular weight is 332 g/mol. The molecule has 0 spiro atoms. The first-order chi connectivity index (χ1) is 11.6. The zero-order valence-electron chi connectivity index (χ0n) is 14.3. The van der Waals surface area contributed by atoms with Gasteiger partial charge >= 0.3 is 0 Å². The van der Waals surface area contributed by atoms with Gasteiger partial charge in [-0.2, -0.15) is 0 Å². The molecule has 0 radical (unpaired) electrons. The zero-order chi connectivity index (χ0) is 17.1. The van der Waals surface area contributed by atoms with Crippen molar-refractivity contribution in [3.05, 3.63) is 42.0 Å². The Labute approximate surface area is 142 Å². The van der Waals surface area contributed by atoms with Crippen LogP contribution >= 0.6 is 0 Å². The summed E-state index contributed by atoms with van der Waals surface area (Å²) in [4.78, 5) is 11.7. The van der Waals surface area contributed by atoms with Crippen molar-refractivity contribution in [2.75, 3.05) is 13.7 Å². The van der Waals surface area contributed by atoms with E-state index in [9.17, 15) is 4.79 Å². The maximum Gasteiger partial charge on any atom is 0.184 e. The molecule has 2 unspecified atom stereocenters. The van der Waals surface area contributed by atoms with Crippen molar-refractivity contribution in [1.82, 2.24) is 0 Å². The Morgan fingerprint density at radius 1 is 1.25 bits per heavy atom. The molecule has 2 heterocycles. The highest BCUT2D eigenvalue weighted by Crippen LogP contribution is 2.33. The molecule has 0 saturated carbocycles. The van der Waals surface area contributed by atoms with Crippen LogP contribution in [-0.2, 0) is 19.0 Å². The number of ketones is 1. The summed E-state index contributed by atoms with van der Waals surface area (Å²) < 4.78 is 23.0. The highest BCUT2D eigenvalue weighted by Gasteiger charge is 2.38. The number of ether oxygens (including phenoxy) is 4. The molecule has 1 saturated heterocycles. The van der Waals surface area contributed by atoms with Gasteiger partial charge in [-0.15, -0.1) is 0 Å². The quantitative estimate of drug-likeness (QED) is 0.776. The van der Waals surface area contributed by atoms with E-state index in [0.717, 1.165) is 17.7 Å². The van der Waals surface area contributed by atoms with Crippen LogP contribution in [0, 0.1) is 5.92 Å². The van der Waals surface area contributed by atoms with Crippen LogP contribution in [0.4, 0.5) is 0 Å². The van der Waals surface area contributed by atoms with Gasteiger partial charge in [0.2, 0.25) is 0 Å². The molecule has 1 aromatic rings. The summed E-state index contributed by atoms with van der Waals surface area (Å²) in [6.07, 6.45) is 3.76. The predicted molar refractivity (Wildman–Crippen MR) is 88.8 cm³/mol. The Kier molecular flexibility index (Phi) is 5.33. The van der Waals surface area contributed by atoms with Crippen molar-refractivity contribution in [2.24, 2.45) is 5.92 Å². The third-order valence-electron chi connectivity index (χ3n) is 4.63. The molecule has 0 bridgehead atoms. The second-order valence-corrected chi connectivity index (χ2v) is 6.19. The molecule has 1 fully saturated rings. The van der Waals surface area contributed by atoms with Gasteiger partial charge in [-0.05, 0) is 25.5 Å². The third-order valence-corrected chi connectivity index (χ3v) is 4.63. The Hall–Kier alpha value is -1.69. The maximum atomic E-state index is 11.7. The molecule has 5 atom stereocenters. The molecule has 0 aliphatic carbocycles. The number of carbonyl (C=O) groups is 1. The Morgan fingerprint density at radius 2 is 2.00 bits per heavy atom. The first-order valence-corrected chi connectivity index (χ1v) is 8.37. The number of benzene rings is 1. The summed E-state index contributed by atoms with van der Waals surface area (Å²) in [7, 11) is 1.64. The monoisotopic (exact) mass is 332 g/mol. The lowest BCUT2D eigenvalue weighted by Crippen LogP contribution is -2.47. The number of methoxy groups -OCH3 is 1. The molecule has 1 aromatic carbocycles. The van der Waals surface area contributed by atoms with E-state index in [1.807, 2.05) is 43.3 Å². The normalized spacial score (nSPS) is 30.5. The Bertz CT molecular complexity index is 594. The van der Waals surface area contributed by atoms with Crippen LogP contribution < -0.4 is 4.74 Å². The van der Waals surface area contributed by atoms with Crippen LogP contribution in [0.3, 0.4) is 0 Å². The van der Waals surface area contributed by atoms with Gasteiger partial charge in [-0.25, -0.2) is 0 Å². The number of hydrogen-bond acceptors (Lipinski definition) is 5.